The molecular weight excluding hydrogens is 352 g/mol. The molecule has 1 amide bonds. The summed E-state index contributed by atoms with van der Waals surface area (Å²) >= 11 is 0. The summed E-state index contributed by atoms with van der Waals surface area (Å²) < 4.78 is 27.8. The molecule has 2 rings (SSSR count). The van der Waals surface area contributed by atoms with E-state index in [4.69, 9.17) is 0 Å². The fourth-order valence-electron chi connectivity index (χ4n) is 2.47. The van der Waals surface area contributed by atoms with E-state index in [1.54, 1.807) is 19.1 Å². The van der Waals surface area contributed by atoms with Crippen LogP contribution in [0.2, 0.25) is 0 Å². The summed E-state index contributed by atoms with van der Waals surface area (Å²) in [6.07, 6.45) is 0.470. The van der Waals surface area contributed by atoms with Gasteiger partial charge in [0.15, 0.2) is 0 Å². The van der Waals surface area contributed by atoms with Crippen LogP contribution in [0.4, 0.5) is 0 Å². The lowest BCUT2D eigenvalue weighted by molar-refractivity contribution is 0.0949. The van der Waals surface area contributed by atoms with Crippen LogP contribution in [0.15, 0.2) is 35.2 Å². The lowest BCUT2D eigenvalue weighted by Gasteiger charge is -2.14. The van der Waals surface area contributed by atoms with E-state index in [1.165, 1.54) is 12.1 Å². The summed E-state index contributed by atoms with van der Waals surface area (Å²) in [5.41, 5.74) is 2.04. The SMILES string of the molecule is Cc1cc(CC(C)NS(=O)(=O)c2cccc(C(=O)NCC(C)C)c2)n[nH]1. The fourth-order valence-corrected chi connectivity index (χ4v) is 3.76. The van der Waals surface area contributed by atoms with Crippen LogP contribution in [0.5, 0.6) is 0 Å². The Labute approximate surface area is 154 Å². The van der Waals surface area contributed by atoms with Crippen molar-refractivity contribution in [1.82, 2.24) is 20.2 Å². The summed E-state index contributed by atoms with van der Waals surface area (Å²) in [6, 6.07) is 7.59. The van der Waals surface area contributed by atoms with E-state index in [9.17, 15) is 13.2 Å². The summed E-state index contributed by atoms with van der Waals surface area (Å²) in [5, 5.41) is 9.74. The lowest BCUT2D eigenvalue weighted by Crippen LogP contribution is -2.34. The molecule has 1 unspecified atom stereocenters. The molecule has 1 aromatic heterocycles. The molecule has 0 spiro atoms. The summed E-state index contributed by atoms with van der Waals surface area (Å²) in [6.45, 7) is 8.19. The van der Waals surface area contributed by atoms with Crippen LogP contribution in [0.3, 0.4) is 0 Å². The van der Waals surface area contributed by atoms with Gasteiger partial charge in [-0.1, -0.05) is 19.9 Å². The van der Waals surface area contributed by atoms with Crippen molar-refractivity contribution >= 4 is 15.9 Å². The first kappa shape index (κ1) is 20.1. The molecule has 26 heavy (non-hydrogen) atoms. The Morgan fingerprint density at radius 3 is 2.58 bits per heavy atom. The fraction of sp³-hybridized carbons (Fsp3) is 0.444. The first-order chi connectivity index (χ1) is 12.2. The highest BCUT2D eigenvalue weighted by molar-refractivity contribution is 7.89. The second kappa shape index (κ2) is 8.46. The van der Waals surface area contributed by atoms with Gasteiger partial charge in [-0.3, -0.25) is 9.89 Å². The van der Waals surface area contributed by atoms with Crippen molar-refractivity contribution in [3.05, 3.63) is 47.3 Å². The van der Waals surface area contributed by atoms with Crippen LogP contribution in [0.25, 0.3) is 0 Å². The van der Waals surface area contributed by atoms with Crippen molar-refractivity contribution in [1.29, 1.82) is 0 Å². The van der Waals surface area contributed by atoms with E-state index in [0.29, 0.717) is 24.4 Å². The Hall–Kier alpha value is -2.19. The molecule has 0 aliphatic heterocycles. The van der Waals surface area contributed by atoms with Crippen molar-refractivity contribution < 1.29 is 13.2 Å². The molecule has 0 bridgehead atoms. The van der Waals surface area contributed by atoms with E-state index in [-0.39, 0.29) is 16.8 Å². The minimum absolute atomic E-state index is 0.0692. The molecule has 1 atom stereocenters. The summed E-state index contributed by atoms with van der Waals surface area (Å²) in [4.78, 5) is 12.2. The van der Waals surface area contributed by atoms with Crippen molar-refractivity contribution in [3.8, 4) is 0 Å². The van der Waals surface area contributed by atoms with Gasteiger partial charge in [-0.05, 0) is 44.0 Å². The quantitative estimate of drug-likeness (QED) is 0.653. The van der Waals surface area contributed by atoms with Crippen molar-refractivity contribution in [2.24, 2.45) is 5.92 Å². The summed E-state index contributed by atoms with van der Waals surface area (Å²) in [7, 11) is -3.73. The van der Waals surface area contributed by atoms with Gasteiger partial charge in [0.25, 0.3) is 5.91 Å². The van der Waals surface area contributed by atoms with Gasteiger partial charge in [0, 0.05) is 30.3 Å². The number of sulfonamides is 1. The van der Waals surface area contributed by atoms with Gasteiger partial charge in [-0.2, -0.15) is 5.10 Å². The van der Waals surface area contributed by atoms with Gasteiger partial charge < -0.3 is 5.32 Å². The monoisotopic (exact) mass is 378 g/mol. The molecule has 7 nitrogen and oxygen atoms in total. The molecule has 0 saturated heterocycles. The Morgan fingerprint density at radius 2 is 1.96 bits per heavy atom. The number of amides is 1. The minimum atomic E-state index is -3.73. The van der Waals surface area contributed by atoms with Crippen molar-refractivity contribution in [3.63, 3.8) is 0 Å². The van der Waals surface area contributed by atoms with Gasteiger partial charge in [0.05, 0.1) is 10.6 Å². The largest absolute Gasteiger partial charge is 0.352 e. The van der Waals surface area contributed by atoms with Crippen LogP contribution in [-0.2, 0) is 16.4 Å². The van der Waals surface area contributed by atoms with Crippen LogP contribution in [0, 0.1) is 12.8 Å². The van der Waals surface area contributed by atoms with Crippen LogP contribution < -0.4 is 10.0 Å². The van der Waals surface area contributed by atoms with Gasteiger partial charge in [-0.15, -0.1) is 0 Å². The molecule has 0 aliphatic carbocycles. The maximum Gasteiger partial charge on any atom is 0.251 e. The van der Waals surface area contributed by atoms with E-state index in [2.05, 4.69) is 20.2 Å². The van der Waals surface area contributed by atoms with Crippen LogP contribution >= 0.6 is 0 Å². The number of H-pyrrole nitrogens is 1. The zero-order chi connectivity index (χ0) is 19.3. The molecule has 1 aromatic carbocycles. The van der Waals surface area contributed by atoms with Crippen molar-refractivity contribution in [2.45, 2.75) is 45.1 Å². The Kier molecular flexibility index (Phi) is 6.55. The van der Waals surface area contributed by atoms with Crippen LogP contribution in [-0.4, -0.2) is 37.1 Å². The van der Waals surface area contributed by atoms with Gasteiger partial charge in [0.1, 0.15) is 0 Å². The highest BCUT2D eigenvalue weighted by atomic mass is 32.2. The third kappa shape index (κ3) is 5.67. The Morgan fingerprint density at radius 1 is 1.23 bits per heavy atom. The third-order valence-corrected chi connectivity index (χ3v) is 5.30. The topological polar surface area (TPSA) is 104 Å². The zero-order valence-electron chi connectivity index (χ0n) is 15.5. The maximum atomic E-state index is 12.6. The first-order valence-corrected chi connectivity index (χ1v) is 10.1. The van der Waals surface area contributed by atoms with Gasteiger partial charge >= 0.3 is 0 Å². The number of aromatic amines is 1. The number of nitrogens with zero attached hydrogens (tertiary/aromatic N) is 1. The number of aryl methyl sites for hydroxylation is 1. The predicted molar refractivity (Wildman–Crippen MR) is 100 cm³/mol. The van der Waals surface area contributed by atoms with Crippen molar-refractivity contribution in [2.75, 3.05) is 6.54 Å². The number of hydrogen-bond acceptors (Lipinski definition) is 4. The maximum absolute atomic E-state index is 12.6. The molecule has 0 fully saturated rings. The normalized spacial score (nSPS) is 13.0. The molecule has 2 aromatic rings. The number of nitrogens with one attached hydrogen (secondary N) is 3. The molecule has 0 aliphatic rings. The number of carbonyl (C=O) groups excluding carboxylic acids is 1. The summed E-state index contributed by atoms with van der Waals surface area (Å²) in [5.74, 6) is 0.0369. The highest BCUT2D eigenvalue weighted by Crippen LogP contribution is 2.13. The molecule has 8 heteroatoms. The average Bonchev–Trinajstić information content (AvgIpc) is 2.96. The lowest BCUT2D eigenvalue weighted by atomic mass is 10.2. The molecule has 0 radical (unpaired) electrons. The Balaban J connectivity index is 2.08. The highest BCUT2D eigenvalue weighted by Gasteiger charge is 2.19. The molecule has 1 heterocycles. The van der Waals surface area contributed by atoms with E-state index < -0.39 is 10.0 Å². The molecule has 3 N–H and O–H groups in total. The third-order valence-electron chi connectivity index (χ3n) is 3.71. The van der Waals surface area contributed by atoms with E-state index in [0.717, 1.165) is 11.4 Å². The first-order valence-electron chi connectivity index (χ1n) is 8.59. The second-order valence-corrected chi connectivity index (χ2v) is 8.61. The zero-order valence-corrected chi connectivity index (χ0v) is 16.4. The smallest absolute Gasteiger partial charge is 0.251 e. The van der Waals surface area contributed by atoms with Gasteiger partial charge in [0.2, 0.25) is 10.0 Å². The standard InChI is InChI=1S/C18H26N4O3S/c1-12(2)11-19-18(23)15-6-5-7-17(10-15)26(24,25)22-14(4)9-16-8-13(3)20-21-16/h5-8,10,12,14,22H,9,11H2,1-4H3,(H,19,23)(H,20,21). The van der Waals surface area contributed by atoms with E-state index in [1.807, 2.05) is 26.8 Å². The average molecular weight is 378 g/mol. The second-order valence-electron chi connectivity index (χ2n) is 6.90. The van der Waals surface area contributed by atoms with Gasteiger partial charge in [-0.25, -0.2) is 13.1 Å². The van der Waals surface area contributed by atoms with Crippen LogP contribution in [0.1, 0.15) is 42.5 Å². The molecule has 0 saturated carbocycles. The minimum Gasteiger partial charge on any atom is -0.352 e. The number of carbonyl (C=O) groups is 1. The number of hydrogen-bond donors (Lipinski definition) is 3. The molecular formula is C18H26N4O3S. The Bertz CT molecular complexity index is 859. The number of rotatable bonds is 8. The number of benzene rings is 1. The number of aromatic nitrogens is 2. The van der Waals surface area contributed by atoms with E-state index >= 15 is 0 Å². The predicted octanol–water partition coefficient (Wildman–Crippen LogP) is 2.01. The molecule has 142 valence electrons.